The number of carbonyl (C=O) groups is 2. The maximum atomic E-state index is 12.7. The molecule has 27 heavy (non-hydrogen) atoms. The predicted octanol–water partition coefficient (Wildman–Crippen LogP) is 3.82. The molecule has 142 valence electrons. The van der Waals surface area contributed by atoms with Crippen LogP contribution < -0.4 is 0 Å². The van der Waals surface area contributed by atoms with E-state index >= 15 is 0 Å². The standard InChI is InChI=1S/C22H26N2O3/c1-21(2)10-16-11-22(3,13-21)14-24(16)19(25)12-27-20(26)18-9-8-15-6-4-5-7-17(15)23-18/h4-9,16H,10-14H2,1-3H3. The van der Waals surface area contributed by atoms with Gasteiger partial charge < -0.3 is 9.64 Å². The van der Waals surface area contributed by atoms with Crippen LogP contribution in [0.3, 0.4) is 0 Å². The van der Waals surface area contributed by atoms with E-state index in [1.807, 2.05) is 35.2 Å². The first-order valence-electron chi connectivity index (χ1n) is 9.57. The van der Waals surface area contributed by atoms with Gasteiger partial charge in [-0.1, -0.05) is 45.0 Å². The Bertz CT molecular complexity index is 907. The highest BCUT2D eigenvalue weighted by molar-refractivity contribution is 5.92. The molecule has 2 unspecified atom stereocenters. The second kappa shape index (κ2) is 6.32. The number of aromatic nitrogens is 1. The molecule has 2 aliphatic rings. The number of ether oxygens (including phenoxy) is 1. The van der Waals surface area contributed by atoms with Crippen molar-refractivity contribution < 1.29 is 14.3 Å². The SMILES string of the molecule is CC1(C)CC2CC(C)(CN2C(=O)COC(=O)c2ccc3ccccc3n2)C1. The van der Waals surface area contributed by atoms with Crippen molar-refractivity contribution in [3.8, 4) is 0 Å². The molecule has 2 aromatic rings. The topological polar surface area (TPSA) is 59.5 Å². The van der Waals surface area contributed by atoms with Crippen molar-refractivity contribution >= 4 is 22.8 Å². The third-order valence-electron chi connectivity index (χ3n) is 5.87. The van der Waals surface area contributed by atoms with E-state index in [2.05, 4.69) is 25.8 Å². The molecule has 1 aromatic heterocycles. The third-order valence-corrected chi connectivity index (χ3v) is 5.87. The normalized spacial score (nSPS) is 26.2. The molecule has 5 heteroatoms. The summed E-state index contributed by atoms with van der Waals surface area (Å²) >= 11 is 0. The number of benzene rings is 1. The first kappa shape index (κ1) is 18.0. The zero-order valence-corrected chi connectivity index (χ0v) is 16.2. The number of likely N-dealkylation sites (tertiary alicyclic amines) is 1. The first-order chi connectivity index (χ1) is 12.7. The van der Waals surface area contributed by atoms with Gasteiger partial charge in [0.05, 0.1) is 5.52 Å². The monoisotopic (exact) mass is 366 g/mol. The van der Waals surface area contributed by atoms with Gasteiger partial charge in [-0.05, 0) is 42.2 Å². The summed E-state index contributed by atoms with van der Waals surface area (Å²) in [5, 5.41) is 0.963. The molecule has 1 aliphatic carbocycles. The summed E-state index contributed by atoms with van der Waals surface area (Å²) in [5.74, 6) is -0.654. The summed E-state index contributed by atoms with van der Waals surface area (Å²) in [6, 6.07) is 11.3. The summed E-state index contributed by atoms with van der Waals surface area (Å²) in [6.07, 6.45) is 3.18. The van der Waals surface area contributed by atoms with Crippen LogP contribution in [0.25, 0.3) is 10.9 Å². The van der Waals surface area contributed by atoms with E-state index in [1.165, 1.54) is 0 Å². The Hall–Kier alpha value is -2.43. The van der Waals surface area contributed by atoms with Crippen LogP contribution in [0.4, 0.5) is 0 Å². The van der Waals surface area contributed by atoms with Crippen molar-refractivity contribution in [2.45, 2.75) is 46.1 Å². The van der Waals surface area contributed by atoms with E-state index in [1.54, 1.807) is 6.07 Å². The Balaban J connectivity index is 1.41. The molecule has 1 saturated heterocycles. The lowest BCUT2D eigenvalue weighted by Gasteiger charge is -2.39. The summed E-state index contributed by atoms with van der Waals surface area (Å²) in [6.45, 7) is 7.35. The Labute approximate surface area is 159 Å². The molecule has 0 spiro atoms. The molecule has 0 radical (unpaired) electrons. The summed E-state index contributed by atoms with van der Waals surface area (Å²) < 4.78 is 5.29. The number of amides is 1. The average molecular weight is 366 g/mol. The highest BCUT2D eigenvalue weighted by Gasteiger charge is 2.50. The number of fused-ring (bicyclic) bond motifs is 3. The van der Waals surface area contributed by atoms with Gasteiger partial charge in [-0.3, -0.25) is 4.79 Å². The van der Waals surface area contributed by atoms with Crippen LogP contribution in [-0.4, -0.2) is 41.0 Å². The maximum Gasteiger partial charge on any atom is 0.357 e. The van der Waals surface area contributed by atoms with E-state index in [0.717, 1.165) is 36.7 Å². The van der Waals surface area contributed by atoms with Crippen LogP contribution in [0.2, 0.25) is 0 Å². The quantitative estimate of drug-likeness (QED) is 0.775. The van der Waals surface area contributed by atoms with Crippen molar-refractivity contribution in [2.75, 3.05) is 13.2 Å². The van der Waals surface area contributed by atoms with Crippen LogP contribution in [0.5, 0.6) is 0 Å². The number of carbonyl (C=O) groups excluding carboxylic acids is 2. The Morgan fingerprint density at radius 2 is 1.93 bits per heavy atom. The fourth-order valence-corrected chi connectivity index (χ4v) is 5.22. The Morgan fingerprint density at radius 3 is 2.74 bits per heavy atom. The van der Waals surface area contributed by atoms with Crippen LogP contribution in [0.1, 0.15) is 50.5 Å². The summed E-state index contributed by atoms with van der Waals surface area (Å²) in [5.41, 5.74) is 1.39. The minimum Gasteiger partial charge on any atom is -0.451 e. The molecular weight excluding hydrogens is 340 g/mol. The number of pyridine rings is 1. The average Bonchev–Trinajstić information content (AvgIpc) is 2.87. The molecule has 1 amide bonds. The fourth-order valence-electron chi connectivity index (χ4n) is 5.22. The molecule has 2 atom stereocenters. The second-order valence-electron chi connectivity index (χ2n) is 9.20. The first-order valence-corrected chi connectivity index (χ1v) is 9.57. The summed E-state index contributed by atoms with van der Waals surface area (Å²) in [7, 11) is 0. The Kier molecular flexibility index (Phi) is 4.21. The van der Waals surface area contributed by atoms with E-state index in [0.29, 0.717) is 0 Å². The van der Waals surface area contributed by atoms with Gasteiger partial charge in [-0.2, -0.15) is 0 Å². The van der Waals surface area contributed by atoms with Gasteiger partial charge in [0.15, 0.2) is 6.61 Å². The molecule has 0 N–H and O–H groups in total. The number of rotatable bonds is 3. The minimum absolute atomic E-state index is 0.101. The molecule has 2 heterocycles. The molecule has 1 aliphatic heterocycles. The fraction of sp³-hybridized carbons (Fsp3) is 0.500. The molecular formula is C22H26N2O3. The van der Waals surface area contributed by atoms with Gasteiger partial charge >= 0.3 is 5.97 Å². The highest BCUT2D eigenvalue weighted by atomic mass is 16.5. The number of para-hydroxylation sites is 1. The van der Waals surface area contributed by atoms with Gasteiger partial charge in [0, 0.05) is 18.0 Å². The van der Waals surface area contributed by atoms with Crippen LogP contribution in [0, 0.1) is 10.8 Å². The minimum atomic E-state index is -0.553. The molecule has 2 fully saturated rings. The predicted molar refractivity (Wildman–Crippen MR) is 103 cm³/mol. The van der Waals surface area contributed by atoms with Gasteiger partial charge in [0.25, 0.3) is 5.91 Å². The number of nitrogens with zero attached hydrogens (tertiary/aromatic N) is 2. The van der Waals surface area contributed by atoms with Gasteiger partial charge in [-0.25, -0.2) is 9.78 Å². The lowest BCUT2D eigenvalue weighted by atomic mass is 9.65. The zero-order valence-electron chi connectivity index (χ0n) is 16.2. The largest absolute Gasteiger partial charge is 0.451 e. The van der Waals surface area contributed by atoms with Crippen LogP contribution in [0.15, 0.2) is 36.4 Å². The zero-order chi connectivity index (χ0) is 19.2. The Morgan fingerprint density at radius 1 is 1.15 bits per heavy atom. The van der Waals surface area contributed by atoms with Crippen LogP contribution >= 0.6 is 0 Å². The van der Waals surface area contributed by atoms with Crippen molar-refractivity contribution in [2.24, 2.45) is 10.8 Å². The third kappa shape index (κ3) is 3.55. The van der Waals surface area contributed by atoms with Gasteiger partial charge in [0.1, 0.15) is 5.69 Å². The number of hydrogen-bond acceptors (Lipinski definition) is 4. The van der Waals surface area contributed by atoms with Crippen molar-refractivity contribution in [3.63, 3.8) is 0 Å². The molecule has 2 bridgehead atoms. The molecule has 1 saturated carbocycles. The van der Waals surface area contributed by atoms with Crippen molar-refractivity contribution in [1.82, 2.24) is 9.88 Å². The van der Waals surface area contributed by atoms with Crippen molar-refractivity contribution in [1.29, 1.82) is 0 Å². The van der Waals surface area contributed by atoms with Gasteiger partial charge in [0.2, 0.25) is 0 Å². The van der Waals surface area contributed by atoms with E-state index in [-0.39, 0.29) is 35.1 Å². The summed E-state index contributed by atoms with van der Waals surface area (Å²) in [4.78, 5) is 31.3. The highest BCUT2D eigenvalue weighted by Crippen LogP contribution is 2.52. The molecule has 4 rings (SSSR count). The lowest BCUT2D eigenvalue weighted by Crippen LogP contribution is -2.39. The van der Waals surface area contributed by atoms with Crippen LogP contribution in [-0.2, 0) is 9.53 Å². The van der Waals surface area contributed by atoms with Gasteiger partial charge in [-0.15, -0.1) is 0 Å². The molecule has 1 aromatic carbocycles. The van der Waals surface area contributed by atoms with E-state index in [4.69, 9.17) is 4.74 Å². The second-order valence-corrected chi connectivity index (χ2v) is 9.20. The smallest absolute Gasteiger partial charge is 0.357 e. The van der Waals surface area contributed by atoms with E-state index in [9.17, 15) is 9.59 Å². The number of esters is 1. The van der Waals surface area contributed by atoms with E-state index < -0.39 is 5.97 Å². The lowest BCUT2D eigenvalue weighted by molar-refractivity contribution is -0.135. The maximum absolute atomic E-state index is 12.7. The molecule has 5 nitrogen and oxygen atoms in total. The van der Waals surface area contributed by atoms with Crippen molar-refractivity contribution in [3.05, 3.63) is 42.1 Å². The number of hydrogen-bond donors (Lipinski definition) is 0.